The number of β-lactam (4-membered cyclic amide) rings is 1. The molecule has 0 bridgehead atoms. The smallest absolute Gasteiger partial charge is 0.353 e. The van der Waals surface area contributed by atoms with E-state index in [0.29, 0.717) is 0 Å². The molecule has 0 radical (unpaired) electrons. The fourth-order valence-electron chi connectivity index (χ4n) is 3.59. The lowest BCUT2D eigenvalue weighted by atomic mass is 10.0. The van der Waals surface area contributed by atoms with E-state index in [1.165, 1.54) is 37.9 Å². The molecule has 15 nitrogen and oxygen atoms in total. The van der Waals surface area contributed by atoms with E-state index in [0.717, 1.165) is 16.2 Å². The van der Waals surface area contributed by atoms with Gasteiger partial charge >= 0.3 is 17.9 Å². The number of halogens is 1. The average Bonchev–Trinajstić information content (AvgIpc) is 3.36. The molecule has 2 atom stereocenters. The monoisotopic (exact) mass is 659 g/mol. The van der Waals surface area contributed by atoms with Gasteiger partial charge in [0.2, 0.25) is 11.5 Å². The number of esters is 2. The van der Waals surface area contributed by atoms with Crippen molar-refractivity contribution in [2.24, 2.45) is 5.16 Å². The Hall–Kier alpha value is -3.70. The lowest BCUT2D eigenvalue weighted by Crippen LogP contribution is -2.71. The summed E-state index contributed by atoms with van der Waals surface area (Å²) in [5, 5.41) is 19.3. The van der Waals surface area contributed by atoms with Gasteiger partial charge in [0.15, 0.2) is 10.8 Å². The highest BCUT2D eigenvalue weighted by Crippen LogP contribution is 2.40. The zero-order valence-electron chi connectivity index (χ0n) is 24.0. The molecule has 2 aliphatic heterocycles. The summed E-state index contributed by atoms with van der Waals surface area (Å²) in [6.45, 7) is 8.64. The number of hydrogen-bond acceptors (Lipinski definition) is 13. The lowest BCUT2D eigenvalue weighted by molar-refractivity contribution is -0.179. The van der Waals surface area contributed by atoms with Crippen molar-refractivity contribution < 1.29 is 48.2 Å². The number of ether oxygens (including phenoxy) is 2. The predicted octanol–water partition coefficient (Wildman–Crippen LogP) is 1.46. The van der Waals surface area contributed by atoms with Crippen molar-refractivity contribution >= 4 is 81.2 Å². The average molecular weight is 660 g/mol. The van der Waals surface area contributed by atoms with Crippen LogP contribution in [0.3, 0.4) is 0 Å². The van der Waals surface area contributed by atoms with Gasteiger partial charge in [-0.2, -0.15) is 0 Å². The van der Waals surface area contributed by atoms with Gasteiger partial charge in [-0.3, -0.25) is 24.1 Å². The number of hydrogen-bond donors (Lipinski definition) is 3. The Morgan fingerprint density at radius 2 is 1.88 bits per heavy atom. The number of oxime groups is 1. The largest absolute Gasteiger partial charge is 0.477 e. The van der Waals surface area contributed by atoms with Gasteiger partial charge in [0.1, 0.15) is 40.9 Å². The Morgan fingerprint density at radius 3 is 2.47 bits per heavy atom. The van der Waals surface area contributed by atoms with Gasteiger partial charge in [0.05, 0.1) is 0 Å². The molecule has 0 aliphatic carbocycles. The van der Waals surface area contributed by atoms with Crippen LogP contribution in [-0.2, 0) is 43.1 Å². The van der Waals surface area contributed by atoms with Crippen molar-refractivity contribution in [2.45, 2.75) is 64.2 Å². The minimum absolute atomic E-state index is 0.0536. The number of alkyl halides is 1. The topological polar surface area (TPSA) is 203 Å². The summed E-state index contributed by atoms with van der Waals surface area (Å²) in [6, 6.07) is -1.15. The Morgan fingerprint density at radius 1 is 1.21 bits per heavy atom. The van der Waals surface area contributed by atoms with E-state index < -0.39 is 64.0 Å². The number of rotatable bonds is 11. The minimum atomic E-state index is -1.65. The van der Waals surface area contributed by atoms with Gasteiger partial charge in [-0.05, 0) is 34.6 Å². The van der Waals surface area contributed by atoms with E-state index in [1.54, 1.807) is 20.8 Å². The fraction of sp³-hybridized carbons (Fsp3) is 0.520. The van der Waals surface area contributed by atoms with Crippen molar-refractivity contribution in [2.75, 3.05) is 23.6 Å². The number of aromatic nitrogens is 1. The van der Waals surface area contributed by atoms with E-state index in [4.69, 9.17) is 25.9 Å². The molecule has 1 saturated heterocycles. The van der Waals surface area contributed by atoms with Gasteiger partial charge in [-0.1, -0.05) is 5.16 Å². The summed E-state index contributed by atoms with van der Waals surface area (Å²) < 4.78 is 10.3. The molecule has 1 aromatic heterocycles. The third-order valence-corrected chi connectivity index (χ3v) is 7.91. The standard InChI is InChI=1S/C25H30ClN5O10S2/c1-11(32)39-8-12-9-42-20-16(19(35)31(20)17(12)21(36)37)29-18(34)15(13-10-43-23(27-13)28-14(33)7-26)30-41-25(5,6)22(38)40-24(2,3)4/h10,16,20H,7-9H2,1-6H3,(H,29,34)(H,36,37)(H,27,28,33)/b30-15-/t16-,20-/m1/s1. The molecular formula is C25H30ClN5O10S2. The number of amides is 3. The molecule has 0 unspecified atom stereocenters. The zero-order chi connectivity index (χ0) is 32.3. The summed E-state index contributed by atoms with van der Waals surface area (Å²) >= 11 is 7.66. The van der Waals surface area contributed by atoms with Crippen LogP contribution in [0.15, 0.2) is 21.8 Å². The highest BCUT2D eigenvalue weighted by Gasteiger charge is 2.54. The lowest BCUT2D eigenvalue weighted by Gasteiger charge is -2.49. The number of thiazole rings is 1. The maximum atomic E-state index is 13.5. The highest BCUT2D eigenvalue weighted by atomic mass is 35.5. The first kappa shape index (κ1) is 33.8. The van der Waals surface area contributed by atoms with Gasteiger partial charge in [-0.15, -0.1) is 34.7 Å². The summed E-state index contributed by atoms with van der Waals surface area (Å²) in [5.74, 6) is -5.16. The molecule has 1 aromatic rings. The summed E-state index contributed by atoms with van der Waals surface area (Å²) in [6.07, 6.45) is 0. The number of carboxylic acid groups (broad SMARTS) is 1. The number of carbonyl (C=O) groups is 6. The number of nitrogens with zero attached hydrogens (tertiary/aromatic N) is 3. The van der Waals surface area contributed by atoms with Gasteiger partial charge in [-0.25, -0.2) is 14.6 Å². The van der Waals surface area contributed by atoms with Gasteiger partial charge in [0, 0.05) is 23.6 Å². The first-order chi connectivity index (χ1) is 19.9. The van der Waals surface area contributed by atoms with Gasteiger partial charge < -0.3 is 30.1 Å². The second-order valence-electron chi connectivity index (χ2n) is 10.7. The second-order valence-corrected chi connectivity index (χ2v) is 12.9. The second kappa shape index (κ2) is 13.3. The van der Waals surface area contributed by atoms with Crippen LogP contribution < -0.4 is 10.6 Å². The molecule has 18 heteroatoms. The summed E-state index contributed by atoms with van der Waals surface area (Å²) in [7, 11) is 0. The fourth-order valence-corrected chi connectivity index (χ4v) is 5.69. The predicted molar refractivity (Wildman–Crippen MR) is 155 cm³/mol. The Balaban J connectivity index is 1.87. The minimum Gasteiger partial charge on any atom is -0.477 e. The molecule has 234 valence electrons. The highest BCUT2D eigenvalue weighted by molar-refractivity contribution is 8.00. The van der Waals surface area contributed by atoms with E-state index in [2.05, 4.69) is 20.8 Å². The number of aliphatic carboxylic acids is 1. The third-order valence-electron chi connectivity index (χ3n) is 5.57. The third kappa shape index (κ3) is 8.23. The Bertz CT molecular complexity index is 1400. The molecule has 3 heterocycles. The number of thioether (sulfide) groups is 1. The SMILES string of the molecule is CC(=O)OCC1=C(C(=O)O)N2C(=O)[C@@H](NC(=O)/C(=N\OC(C)(C)C(=O)OC(C)(C)C)c3csc(NC(=O)CCl)n3)[C@H]2SC1. The molecule has 3 amide bonds. The molecule has 0 aromatic carbocycles. The van der Waals surface area contributed by atoms with Crippen molar-refractivity contribution in [1.29, 1.82) is 0 Å². The maximum absolute atomic E-state index is 13.5. The van der Waals surface area contributed by atoms with Crippen molar-refractivity contribution in [1.82, 2.24) is 15.2 Å². The Labute approximate surface area is 259 Å². The molecule has 3 N–H and O–H groups in total. The van der Waals surface area contributed by atoms with Crippen LogP contribution >= 0.6 is 34.7 Å². The zero-order valence-corrected chi connectivity index (χ0v) is 26.4. The van der Waals surface area contributed by atoms with Crippen LogP contribution in [0, 0.1) is 0 Å². The first-order valence-electron chi connectivity index (χ1n) is 12.6. The normalized spacial score (nSPS) is 18.7. The molecule has 1 fully saturated rings. The maximum Gasteiger partial charge on any atom is 0.353 e. The molecule has 2 aliphatic rings. The van der Waals surface area contributed by atoms with Crippen LogP contribution in [0.5, 0.6) is 0 Å². The van der Waals surface area contributed by atoms with E-state index >= 15 is 0 Å². The van der Waals surface area contributed by atoms with Crippen molar-refractivity contribution in [3.63, 3.8) is 0 Å². The van der Waals surface area contributed by atoms with E-state index in [-0.39, 0.29) is 40.3 Å². The summed E-state index contributed by atoms with van der Waals surface area (Å²) in [4.78, 5) is 84.7. The number of fused-ring (bicyclic) bond motifs is 1. The number of anilines is 1. The van der Waals surface area contributed by atoms with Crippen LogP contribution in [0.4, 0.5) is 5.13 Å². The van der Waals surface area contributed by atoms with Crippen LogP contribution in [0.25, 0.3) is 0 Å². The molecule has 3 rings (SSSR count). The molecular weight excluding hydrogens is 630 g/mol. The van der Waals surface area contributed by atoms with E-state index in [9.17, 15) is 33.9 Å². The van der Waals surface area contributed by atoms with Crippen LogP contribution in [-0.4, -0.2) is 97.2 Å². The molecule has 43 heavy (non-hydrogen) atoms. The summed E-state index contributed by atoms with van der Waals surface area (Å²) in [5.41, 5.74) is -3.06. The number of carbonyl (C=O) groups excluding carboxylic acids is 5. The molecule has 0 saturated carbocycles. The van der Waals surface area contributed by atoms with Gasteiger partial charge in [0.25, 0.3) is 11.8 Å². The first-order valence-corrected chi connectivity index (χ1v) is 15.1. The number of nitrogens with one attached hydrogen (secondary N) is 2. The van der Waals surface area contributed by atoms with Crippen LogP contribution in [0.1, 0.15) is 47.2 Å². The van der Waals surface area contributed by atoms with Crippen molar-refractivity contribution in [3.8, 4) is 0 Å². The number of carboxylic acids is 1. The van der Waals surface area contributed by atoms with Crippen molar-refractivity contribution in [3.05, 3.63) is 22.3 Å². The quantitative estimate of drug-likeness (QED) is 0.102. The van der Waals surface area contributed by atoms with Crippen LogP contribution in [0.2, 0.25) is 0 Å². The Kier molecular flexibility index (Phi) is 10.5. The van der Waals surface area contributed by atoms with E-state index in [1.807, 2.05) is 0 Å². The molecule has 0 spiro atoms.